The van der Waals surface area contributed by atoms with Crippen LogP contribution in [0.3, 0.4) is 0 Å². The minimum atomic E-state index is -0.442. The van der Waals surface area contributed by atoms with E-state index in [1.54, 1.807) is 43.5 Å². The number of hydrogen-bond acceptors (Lipinski definition) is 7. The molecule has 5 rings (SSSR count). The van der Waals surface area contributed by atoms with Crippen LogP contribution in [0.15, 0.2) is 48.5 Å². The topological polar surface area (TPSA) is 115 Å². The molecule has 0 atom stereocenters. The zero-order valence-electron chi connectivity index (χ0n) is 19.7. The normalized spacial score (nSPS) is 13.2. The third-order valence-corrected chi connectivity index (χ3v) is 6.52. The van der Waals surface area contributed by atoms with Crippen molar-refractivity contribution in [2.45, 2.75) is 19.8 Å². The number of nitrogens with one attached hydrogen (secondary N) is 1. The highest BCUT2D eigenvalue weighted by Crippen LogP contribution is 2.32. The molecular formula is C25H23ClN6O4. The molecule has 0 radical (unpaired) electrons. The maximum Gasteiger partial charge on any atom is 0.293 e. The van der Waals surface area contributed by atoms with E-state index in [9.17, 15) is 14.9 Å². The Kier molecular flexibility index (Phi) is 6.19. The number of nitro benzene ring substituents is 1. The van der Waals surface area contributed by atoms with E-state index >= 15 is 0 Å². The van der Waals surface area contributed by atoms with Crippen molar-refractivity contribution in [3.63, 3.8) is 0 Å². The second-order valence-corrected chi connectivity index (χ2v) is 8.98. The van der Waals surface area contributed by atoms with E-state index in [1.807, 2.05) is 17.9 Å². The van der Waals surface area contributed by atoms with Gasteiger partial charge in [-0.2, -0.15) is 4.80 Å². The molecule has 0 spiro atoms. The summed E-state index contributed by atoms with van der Waals surface area (Å²) in [5.41, 5.74) is 3.87. The number of methoxy groups -OCH3 is 1. The summed E-state index contributed by atoms with van der Waals surface area (Å²) in [6.07, 6.45) is 1.99. The van der Waals surface area contributed by atoms with E-state index in [-0.39, 0.29) is 11.3 Å². The van der Waals surface area contributed by atoms with Gasteiger partial charge in [-0.3, -0.25) is 14.9 Å². The number of nitrogens with zero attached hydrogens (tertiary/aromatic N) is 5. The number of ether oxygens (including phenoxy) is 1. The van der Waals surface area contributed by atoms with Gasteiger partial charge in [0.05, 0.1) is 22.7 Å². The minimum Gasteiger partial charge on any atom is -0.495 e. The van der Waals surface area contributed by atoms with Gasteiger partial charge in [-0.25, -0.2) is 0 Å². The molecule has 0 saturated carbocycles. The van der Waals surface area contributed by atoms with E-state index in [4.69, 9.17) is 16.3 Å². The summed E-state index contributed by atoms with van der Waals surface area (Å²) in [6.45, 7) is 3.39. The lowest BCUT2D eigenvalue weighted by molar-refractivity contribution is -0.384. The Labute approximate surface area is 211 Å². The lowest BCUT2D eigenvalue weighted by Gasteiger charge is -2.18. The lowest BCUT2D eigenvalue weighted by Crippen LogP contribution is -2.20. The fourth-order valence-electron chi connectivity index (χ4n) is 4.33. The van der Waals surface area contributed by atoms with Gasteiger partial charge in [-0.05, 0) is 67.8 Å². The molecular weight excluding hydrogens is 484 g/mol. The molecule has 0 unspecified atom stereocenters. The third kappa shape index (κ3) is 4.42. The molecule has 1 fully saturated rings. The standard InChI is InChI=1S/C25H23ClN6O4/c1-15-11-20-21(29-31(28-20)17-6-8-24(36-2)18(26)13-17)14-19(15)27-25(33)16-5-7-22(23(12-16)32(34)35)30-9-3-4-10-30/h5-8,11-14H,3-4,9-10H2,1-2H3,(H,27,33). The molecule has 0 bridgehead atoms. The Balaban J connectivity index is 1.42. The van der Waals surface area contributed by atoms with Crippen molar-refractivity contribution in [1.82, 2.24) is 15.0 Å². The molecule has 11 heteroatoms. The Hall–Kier alpha value is -4.18. The van der Waals surface area contributed by atoms with Gasteiger partial charge in [0, 0.05) is 30.4 Å². The van der Waals surface area contributed by atoms with Crippen LogP contribution in [0.5, 0.6) is 5.75 Å². The maximum absolute atomic E-state index is 13.0. The van der Waals surface area contributed by atoms with Gasteiger partial charge in [-0.15, -0.1) is 10.2 Å². The first-order valence-corrected chi connectivity index (χ1v) is 11.8. The number of anilines is 2. The average Bonchev–Trinajstić information content (AvgIpc) is 3.54. The summed E-state index contributed by atoms with van der Waals surface area (Å²) in [7, 11) is 1.54. The summed E-state index contributed by atoms with van der Waals surface area (Å²) in [4.78, 5) is 27.7. The van der Waals surface area contributed by atoms with Crippen molar-refractivity contribution in [3.05, 3.63) is 74.8 Å². The van der Waals surface area contributed by atoms with Gasteiger partial charge >= 0.3 is 0 Å². The second kappa shape index (κ2) is 9.46. The molecule has 1 amide bonds. The Morgan fingerprint density at radius 2 is 1.81 bits per heavy atom. The summed E-state index contributed by atoms with van der Waals surface area (Å²) in [5, 5.41) is 24.0. The first kappa shape index (κ1) is 23.6. The van der Waals surface area contributed by atoms with Crippen molar-refractivity contribution in [2.24, 2.45) is 0 Å². The first-order chi connectivity index (χ1) is 17.3. The van der Waals surface area contributed by atoms with Gasteiger partial charge in [0.2, 0.25) is 0 Å². The Morgan fingerprint density at radius 3 is 2.47 bits per heavy atom. The molecule has 1 aromatic heterocycles. The maximum atomic E-state index is 13.0. The quantitative estimate of drug-likeness (QED) is 0.284. The first-order valence-electron chi connectivity index (χ1n) is 11.4. The molecule has 0 aliphatic carbocycles. The summed E-state index contributed by atoms with van der Waals surface area (Å²) >= 11 is 6.24. The van der Waals surface area contributed by atoms with E-state index in [0.29, 0.717) is 38.9 Å². The SMILES string of the molecule is COc1ccc(-n2nc3cc(C)c(NC(=O)c4ccc(N5CCCC5)c([N+](=O)[O-])c4)cc3n2)cc1Cl. The number of carbonyl (C=O) groups excluding carboxylic acids is 1. The van der Waals surface area contributed by atoms with Gasteiger partial charge in [0.25, 0.3) is 11.6 Å². The molecule has 4 aromatic rings. The lowest BCUT2D eigenvalue weighted by atomic mass is 10.1. The predicted octanol–water partition coefficient (Wildman–Crippen LogP) is 5.15. The van der Waals surface area contributed by atoms with Crippen LogP contribution >= 0.6 is 11.6 Å². The number of benzene rings is 3. The van der Waals surface area contributed by atoms with Crippen molar-refractivity contribution >= 4 is 45.6 Å². The number of fused-ring (bicyclic) bond motifs is 1. The zero-order chi connectivity index (χ0) is 25.4. The highest BCUT2D eigenvalue weighted by Gasteiger charge is 2.24. The summed E-state index contributed by atoms with van der Waals surface area (Å²) in [6, 6.07) is 13.4. The number of nitro groups is 1. The molecule has 10 nitrogen and oxygen atoms in total. The van der Waals surface area contributed by atoms with Crippen LogP contribution in [-0.2, 0) is 0 Å². The fourth-order valence-corrected chi connectivity index (χ4v) is 4.58. The molecule has 1 N–H and O–H groups in total. The molecule has 184 valence electrons. The third-order valence-electron chi connectivity index (χ3n) is 6.22. The highest BCUT2D eigenvalue weighted by atomic mass is 35.5. The van der Waals surface area contributed by atoms with Crippen molar-refractivity contribution in [2.75, 3.05) is 30.4 Å². The number of aromatic nitrogens is 3. The smallest absolute Gasteiger partial charge is 0.293 e. The van der Waals surface area contributed by atoms with Gasteiger partial charge in [0.15, 0.2) is 0 Å². The van der Waals surface area contributed by atoms with Crippen LogP contribution in [0.2, 0.25) is 5.02 Å². The van der Waals surface area contributed by atoms with Gasteiger partial charge in [0.1, 0.15) is 22.5 Å². The van der Waals surface area contributed by atoms with Crippen molar-refractivity contribution in [1.29, 1.82) is 0 Å². The molecule has 2 heterocycles. The van der Waals surface area contributed by atoms with Gasteiger partial charge < -0.3 is 15.0 Å². The molecule has 3 aromatic carbocycles. The Morgan fingerprint density at radius 1 is 1.08 bits per heavy atom. The number of aryl methyl sites for hydroxylation is 1. The van der Waals surface area contributed by atoms with Crippen molar-refractivity contribution in [3.8, 4) is 11.4 Å². The molecule has 1 saturated heterocycles. The molecule has 36 heavy (non-hydrogen) atoms. The number of rotatable bonds is 6. The number of carbonyl (C=O) groups is 1. The van der Waals surface area contributed by atoms with E-state index in [0.717, 1.165) is 31.5 Å². The number of hydrogen-bond donors (Lipinski definition) is 1. The van der Waals surface area contributed by atoms with Crippen LogP contribution < -0.4 is 15.0 Å². The predicted molar refractivity (Wildman–Crippen MR) is 138 cm³/mol. The van der Waals surface area contributed by atoms with Crippen LogP contribution in [-0.4, -0.2) is 46.0 Å². The summed E-state index contributed by atoms with van der Waals surface area (Å²) in [5.74, 6) is 0.106. The zero-order valence-corrected chi connectivity index (χ0v) is 20.5. The molecule has 1 aliphatic heterocycles. The number of halogens is 1. The number of amides is 1. The van der Waals surface area contributed by atoms with Crippen LogP contribution in [0.4, 0.5) is 17.1 Å². The summed E-state index contributed by atoms with van der Waals surface area (Å²) < 4.78 is 5.19. The fraction of sp³-hybridized carbons (Fsp3) is 0.240. The van der Waals surface area contributed by atoms with Crippen LogP contribution in [0.25, 0.3) is 16.7 Å². The molecule has 1 aliphatic rings. The van der Waals surface area contributed by atoms with Crippen molar-refractivity contribution < 1.29 is 14.5 Å². The average molecular weight is 507 g/mol. The Bertz CT molecular complexity index is 1500. The van der Waals surface area contributed by atoms with Gasteiger partial charge in [-0.1, -0.05) is 11.6 Å². The van der Waals surface area contributed by atoms with E-state index in [2.05, 4.69) is 15.5 Å². The van der Waals surface area contributed by atoms with E-state index < -0.39 is 10.8 Å². The van der Waals surface area contributed by atoms with Crippen LogP contribution in [0, 0.1) is 17.0 Å². The van der Waals surface area contributed by atoms with E-state index in [1.165, 1.54) is 10.9 Å². The second-order valence-electron chi connectivity index (χ2n) is 8.57. The highest BCUT2D eigenvalue weighted by molar-refractivity contribution is 6.32. The minimum absolute atomic E-state index is 0.0715. The largest absolute Gasteiger partial charge is 0.495 e. The van der Waals surface area contributed by atoms with Crippen LogP contribution in [0.1, 0.15) is 28.8 Å². The monoisotopic (exact) mass is 506 g/mol.